The average Bonchev–Trinajstić information content (AvgIpc) is 2.50. The van der Waals surface area contributed by atoms with Gasteiger partial charge in [-0.15, -0.1) is 0 Å². The first-order valence-corrected chi connectivity index (χ1v) is 7.70. The lowest BCUT2D eigenvalue weighted by molar-refractivity contribution is 0.403. The van der Waals surface area contributed by atoms with Gasteiger partial charge in [0.15, 0.2) is 0 Å². The fraction of sp³-hybridized carbons (Fsp3) is 0.368. The van der Waals surface area contributed by atoms with Gasteiger partial charge >= 0.3 is 0 Å². The standard InChI is InChI=1S/C19H21FO/c1-21-19-16-10-3-8-14-6-2-7-15(18(14)20)9-4-11-17(19)13-5-12-16/h2,5-7,12-13H,3-4,8-11H2,1H3. The quantitative estimate of drug-likeness (QED) is 0.749. The maximum Gasteiger partial charge on any atom is 0.129 e. The minimum atomic E-state index is 0.00805. The SMILES string of the molecule is COc1c2cccc1CCCc1cccc(c1F)CCC2. The highest BCUT2D eigenvalue weighted by molar-refractivity contribution is 5.42. The summed E-state index contributed by atoms with van der Waals surface area (Å²) in [5, 5.41) is 0. The molecule has 0 saturated carbocycles. The molecule has 0 heterocycles. The Morgan fingerprint density at radius 2 is 1.19 bits per heavy atom. The van der Waals surface area contributed by atoms with Crippen LogP contribution in [-0.2, 0) is 25.7 Å². The molecule has 1 nitrogen and oxygen atoms in total. The van der Waals surface area contributed by atoms with E-state index in [1.807, 2.05) is 18.2 Å². The maximum absolute atomic E-state index is 14.4. The zero-order valence-corrected chi connectivity index (χ0v) is 12.5. The largest absolute Gasteiger partial charge is 0.496 e. The molecule has 1 aliphatic carbocycles. The van der Waals surface area contributed by atoms with E-state index in [-0.39, 0.29) is 5.82 Å². The fourth-order valence-corrected chi connectivity index (χ4v) is 3.25. The van der Waals surface area contributed by atoms with Crippen LogP contribution in [0.1, 0.15) is 35.1 Å². The number of hydrogen-bond donors (Lipinski definition) is 0. The van der Waals surface area contributed by atoms with Crippen molar-refractivity contribution in [3.8, 4) is 5.75 Å². The minimum Gasteiger partial charge on any atom is -0.496 e. The van der Waals surface area contributed by atoms with Crippen molar-refractivity contribution in [2.24, 2.45) is 0 Å². The minimum absolute atomic E-state index is 0.00805. The van der Waals surface area contributed by atoms with Crippen LogP contribution in [0.25, 0.3) is 0 Å². The zero-order valence-electron chi connectivity index (χ0n) is 12.5. The van der Waals surface area contributed by atoms with Crippen molar-refractivity contribution in [1.82, 2.24) is 0 Å². The Morgan fingerprint density at radius 1 is 0.762 bits per heavy atom. The summed E-state index contributed by atoms with van der Waals surface area (Å²) >= 11 is 0. The Labute approximate surface area is 125 Å². The van der Waals surface area contributed by atoms with Crippen LogP contribution in [0.2, 0.25) is 0 Å². The molecule has 0 radical (unpaired) electrons. The van der Waals surface area contributed by atoms with Crippen LogP contribution in [0.4, 0.5) is 4.39 Å². The second kappa shape index (κ2) is 6.30. The Kier molecular flexibility index (Phi) is 4.23. The number of rotatable bonds is 1. The molecule has 2 heteroatoms. The molecule has 3 rings (SSSR count). The summed E-state index contributed by atoms with van der Waals surface area (Å²) in [5.41, 5.74) is 4.19. The Morgan fingerprint density at radius 3 is 1.67 bits per heavy atom. The smallest absolute Gasteiger partial charge is 0.129 e. The van der Waals surface area contributed by atoms with Crippen molar-refractivity contribution >= 4 is 0 Å². The molecule has 0 unspecified atom stereocenters. The van der Waals surface area contributed by atoms with E-state index in [2.05, 4.69) is 18.2 Å². The average molecular weight is 284 g/mol. The zero-order chi connectivity index (χ0) is 14.7. The van der Waals surface area contributed by atoms with Crippen LogP contribution in [0.3, 0.4) is 0 Å². The lowest BCUT2D eigenvalue weighted by atomic mass is 9.94. The molecule has 0 fully saturated rings. The summed E-state index contributed by atoms with van der Waals surface area (Å²) in [5.74, 6) is 1.04. The van der Waals surface area contributed by atoms with Gasteiger partial charge in [-0.3, -0.25) is 0 Å². The van der Waals surface area contributed by atoms with E-state index in [0.717, 1.165) is 55.4 Å². The third-order valence-electron chi connectivity index (χ3n) is 4.33. The van der Waals surface area contributed by atoms with Crippen molar-refractivity contribution in [3.05, 3.63) is 64.5 Å². The Bertz CT molecular complexity index is 587. The van der Waals surface area contributed by atoms with Crippen LogP contribution in [-0.4, -0.2) is 7.11 Å². The van der Waals surface area contributed by atoms with Gasteiger partial charge in [-0.2, -0.15) is 0 Å². The molecule has 21 heavy (non-hydrogen) atoms. The van der Waals surface area contributed by atoms with E-state index >= 15 is 0 Å². The second-order valence-electron chi connectivity index (χ2n) is 5.71. The lowest BCUT2D eigenvalue weighted by Gasteiger charge is -2.16. The fourth-order valence-electron chi connectivity index (χ4n) is 3.25. The van der Waals surface area contributed by atoms with Crippen LogP contribution >= 0.6 is 0 Å². The summed E-state index contributed by atoms with van der Waals surface area (Å²) < 4.78 is 20.0. The molecule has 0 amide bonds. The van der Waals surface area contributed by atoms with Gasteiger partial charge in [-0.1, -0.05) is 36.4 Å². The van der Waals surface area contributed by atoms with Gasteiger partial charge in [0.1, 0.15) is 11.6 Å². The molecule has 110 valence electrons. The molecule has 0 aliphatic heterocycles. The van der Waals surface area contributed by atoms with Crippen LogP contribution < -0.4 is 4.74 Å². The Balaban J connectivity index is 1.93. The molecular weight excluding hydrogens is 263 g/mol. The van der Waals surface area contributed by atoms with Crippen molar-refractivity contribution in [2.45, 2.75) is 38.5 Å². The number of hydrogen-bond acceptors (Lipinski definition) is 1. The number of para-hydroxylation sites is 1. The third kappa shape index (κ3) is 2.94. The second-order valence-corrected chi connectivity index (χ2v) is 5.71. The first-order valence-electron chi connectivity index (χ1n) is 7.70. The first kappa shape index (κ1) is 14.1. The van der Waals surface area contributed by atoms with Gasteiger partial charge in [-0.25, -0.2) is 4.39 Å². The van der Waals surface area contributed by atoms with E-state index in [1.165, 1.54) is 11.1 Å². The molecule has 2 aromatic carbocycles. The molecule has 0 aromatic heterocycles. The van der Waals surface area contributed by atoms with Crippen molar-refractivity contribution < 1.29 is 9.13 Å². The molecule has 0 N–H and O–H groups in total. The highest BCUT2D eigenvalue weighted by Gasteiger charge is 2.13. The molecule has 2 aromatic rings. The van der Waals surface area contributed by atoms with Gasteiger partial charge in [0.2, 0.25) is 0 Å². The first-order chi connectivity index (χ1) is 10.3. The van der Waals surface area contributed by atoms with E-state index in [1.54, 1.807) is 7.11 Å². The van der Waals surface area contributed by atoms with Crippen molar-refractivity contribution in [3.63, 3.8) is 0 Å². The van der Waals surface area contributed by atoms with E-state index < -0.39 is 0 Å². The molecule has 0 saturated heterocycles. The van der Waals surface area contributed by atoms with Crippen LogP contribution in [0, 0.1) is 5.82 Å². The summed E-state index contributed by atoms with van der Waals surface area (Å²) in [7, 11) is 1.75. The van der Waals surface area contributed by atoms with E-state index in [0.29, 0.717) is 0 Å². The number of benzene rings is 2. The van der Waals surface area contributed by atoms with E-state index in [4.69, 9.17) is 4.74 Å². The summed E-state index contributed by atoms with van der Waals surface area (Å²) in [4.78, 5) is 0. The van der Waals surface area contributed by atoms with Crippen LogP contribution in [0.15, 0.2) is 36.4 Å². The van der Waals surface area contributed by atoms with E-state index in [9.17, 15) is 4.39 Å². The molecule has 0 atom stereocenters. The van der Waals surface area contributed by atoms with Gasteiger partial charge < -0.3 is 4.74 Å². The normalized spacial score (nSPS) is 15.0. The maximum atomic E-state index is 14.4. The number of aryl methyl sites for hydroxylation is 4. The predicted octanol–water partition coefficient (Wildman–Crippen LogP) is 4.50. The highest BCUT2D eigenvalue weighted by atomic mass is 19.1. The molecule has 0 spiro atoms. The monoisotopic (exact) mass is 284 g/mol. The molecule has 4 bridgehead atoms. The Hall–Kier alpha value is -1.83. The molecular formula is C19H21FO. The van der Waals surface area contributed by atoms with Crippen LogP contribution in [0.5, 0.6) is 5.75 Å². The number of methoxy groups -OCH3 is 1. The predicted molar refractivity (Wildman–Crippen MR) is 83.4 cm³/mol. The highest BCUT2D eigenvalue weighted by Crippen LogP contribution is 2.28. The summed E-state index contributed by atoms with van der Waals surface area (Å²) in [6.07, 6.45) is 5.32. The number of halogens is 1. The molecule has 1 aliphatic rings. The van der Waals surface area contributed by atoms with Crippen molar-refractivity contribution in [2.75, 3.05) is 7.11 Å². The summed E-state index contributed by atoms with van der Waals surface area (Å²) in [6, 6.07) is 12.2. The van der Waals surface area contributed by atoms with Gasteiger partial charge in [0.25, 0.3) is 0 Å². The lowest BCUT2D eigenvalue weighted by Crippen LogP contribution is -2.03. The van der Waals surface area contributed by atoms with Crippen molar-refractivity contribution in [1.29, 1.82) is 0 Å². The van der Waals surface area contributed by atoms with Gasteiger partial charge in [0.05, 0.1) is 7.11 Å². The summed E-state index contributed by atoms with van der Waals surface area (Å²) in [6.45, 7) is 0. The topological polar surface area (TPSA) is 9.23 Å². The van der Waals surface area contributed by atoms with Gasteiger partial charge in [0, 0.05) is 0 Å². The van der Waals surface area contributed by atoms with Gasteiger partial charge in [-0.05, 0) is 60.8 Å². The number of fused-ring (bicyclic) bond motifs is 4. The third-order valence-corrected chi connectivity index (χ3v) is 4.33. The number of ether oxygens (including phenoxy) is 1.